The summed E-state index contributed by atoms with van der Waals surface area (Å²) in [5, 5.41) is 2.91. The van der Waals surface area contributed by atoms with E-state index >= 15 is 0 Å². The fourth-order valence-electron chi connectivity index (χ4n) is 2.19. The second kappa shape index (κ2) is 11.7. The van der Waals surface area contributed by atoms with Crippen molar-refractivity contribution < 1.29 is 14.4 Å². The Hall–Kier alpha value is -1.97. The van der Waals surface area contributed by atoms with E-state index in [1.54, 1.807) is 0 Å². The van der Waals surface area contributed by atoms with Crippen molar-refractivity contribution in [1.29, 1.82) is 0 Å². The van der Waals surface area contributed by atoms with Crippen molar-refractivity contribution in [2.45, 2.75) is 51.4 Å². The molecule has 1 aromatic rings. The number of Topliss-reactive ketones (excluding diaryl/α,β-unsaturated/α-hetero) is 1. The highest BCUT2D eigenvalue weighted by molar-refractivity contribution is 5.80. The van der Waals surface area contributed by atoms with E-state index in [1.165, 1.54) is 5.56 Å². The molecule has 0 aliphatic heterocycles. The molecule has 1 N–H and O–H groups in total. The van der Waals surface area contributed by atoms with Crippen LogP contribution in [-0.4, -0.2) is 24.5 Å². The highest BCUT2D eigenvalue weighted by atomic mass is 16.1. The molecular weight excluding hydrogens is 278 g/mol. The van der Waals surface area contributed by atoms with Gasteiger partial charge >= 0.3 is 0 Å². The van der Waals surface area contributed by atoms with E-state index < -0.39 is 0 Å². The number of unbranched alkanes of at least 4 members (excludes halogenated alkanes) is 2. The van der Waals surface area contributed by atoms with Crippen molar-refractivity contribution in [3.63, 3.8) is 0 Å². The Morgan fingerprint density at radius 1 is 0.955 bits per heavy atom. The number of hydrogen-bond donors (Lipinski definition) is 1. The molecule has 0 saturated heterocycles. The second-order valence-electron chi connectivity index (χ2n) is 5.39. The Labute approximate surface area is 132 Å². The standard InChI is InChI=1S/C18H25NO3/c20-15-7-11-17(21)10-5-2-6-14-19-18(22)13-12-16-8-3-1-4-9-16/h1,3-4,8-9,15H,2,5-7,10-14H2,(H,19,22). The third-order valence-corrected chi connectivity index (χ3v) is 3.48. The number of nitrogens with one attached hydrogen (secondary N) is 1. The normalized spacial score (nSPS) is 10.2. The van der Waals surface area contributed by atoms with Gasteiger partial charge in [0.05, 0.1) is 0 Å². The zero-order chi connectivity index (χ0) is 16.0. The predicted molar refractivity (Wildman–Crippen MR) is 86.5 cm³/mol. The molecule has 0 aliphatic rings. The highest BCUT2D eigenvalue weighted by Crippen LogP contribution is 2.04. The lowest BCUT2D eigenvalue weighted by atomic mass is 10.1. The molecule has 0 spiro atoms. The summed E-state index contributed by atoms with van der Waals surface area (Å²) in [6.07, 6.45) is 5.92. The molecule has 1 amide bonds. The Morgan fingerprint density at radius 3 is 2.45 bits per heavy atom. The summed E-state index contributed by atoms with van der Waals surface area (Å²) in [4.78, 5) is 33.2. The summed E-state index contributed by atoms with van der Waals surface area (Å²) < 4.78 is 0. The number of benzene rings is 1. The van der Waals surface area contributed by atoms with Gasteiger partial charge in [-0.2, -0.15) is 0 Å². The van der Waals surface area contributed by atoms with Crippen molar-refractivity contribution in [1.82, 2.24) is 5.32 Å². The van der Waals surface area contributed by atoms with E-state index in [2.05, 4.69) is 5.32 Å². The smallest absolute Gasteiger partial charge is 0.220 e. The highest BCUT2D eigenvalue weighted by Gasteiger charge is 2.03. The molecule has 0 saturated carbocycles. The first-order valence-corrected chi connectivity index (χ1v) is 7.98. The molecule has 0 atom stereocenters. The van der Waals surface area contributed by atoms with Gasteiger partial charge in [-0.25, -0.2) is 0 Å². The molecule has 4 nitrogen and oxygen atoms in total. The van der Waals surface area contributed by atoms with Gasteiger partial charge in [-0.3, -0.25) is 9.59 Å². The van der Waals surface area contributed by atoms with Gasteiger partial charge in [-0.15, -0.1) is 0 Å². The van der Waals surface area contributed by atoms with E-state index in [-0.39, 0.29) is 11.7 Å². The number of amides is 1. The number of ketones is 1. The molecule has 0 unspecified atom stereocenters. The van der Waals surface area contributed by atoms with Crippen molar-refractivity contribution in [2.75, 3.05) is 6.54 Å². The zero-order valence-electron chi connectivity index (χ0n) is 13.1. The van der Waals surface area contributed by atoms with E-state index in [0.29, 0.717) is 32.2 Å². The van der Waals surface area contributed by atoms with Crippen LogP contribution in [-0.2, 0) is 20.8 Å². The Morgan fingerprint density at radius 2 is 1.73 bits per heavy atom. The fourth-order valence-corrected chi connectivity index (χ4v) is 2.19. The van der Waals surface area contributed by atoms with Crippen LogP contribution in [0.5, 0.6) is 0 Å². The third kappa shape index (κ3) is 9.06. The van der Waals surface area contributed by atoms with Crippen LogP contribution in [0.25, 0.3) is 0 Å². The number of hydrogen-bond acceptors (Lipinski definition) is 3. The van der Waals surface area contributed by atoms with E-state index in [4.69, 9.17) is 0 Å². The van der Waals surface area contributed by atoms with Gasteiger partial charge in [0, 0.05) is 32.2 Å². The first-order valence-electron chi connectivity index (χ1n) is 7.98. The maximum absolute atomic E-state index is 11.7. The van der Waals surface area contributed by atoms with Crippen LogP contribution in [0.15, 0.2) is 30.3 Å². The van der Waals surface area contributed by atoms with Gasteiger partial charge in [0.1, 0.15) is 12.1 Å². The van der Waals surface area contributed by atoms with E-state index in [9.17, 15) is 14.4 Å². The Kier molecular flexibility index (Phi) is 9.59. The molecule has 0 fully saturated rings. The van der Waals surface area contributed by atoms with Crippen LogP contribution in [0.1, 0.15) is 50.5 Å². The van der Waals surface area contributed by atoms with Crippen molar-refractivity contribution >= 4 is 18.0 Å². The van der Waals surface area contributed by atoms with E-state index in [0.717, 1.165) is 32.0 Å². The lowest BCUT2D eigenvalue weighted by Gasteiger charge is -2.05. The maximum Gasteiger partial charge on any atom is 0.220 e. The molecule has 0 bridgehead atoms. The van der Waals surface area contributed by atoms with Crippen LogP contribution in [0.4, 0.5) is 0 Å². The largest absolute Gasteiger partial charge is 0.356 e. The molecule has 1 aromatic carbocycles. The summed E-state index contributed by atoms with van der Waals surface area (Å²) in [7, 11) is 0. The minimum absolute atomic E-state index is 0.0749. The topological polar surface area (TPSA) is 63.2 Å². The van der Waals surface area contributed by atoms with Gasteiger partial charge in [0.25, 0.3) is 0 Å². The number of aryl methyl sites for hydroxylation is 1. The van der Waals surface area contributed by atoms with Gasteiger partial charge in [-0.05, 0) is 24.8 Å². The Bertz CT molecular complexity index is 457. The fraction of sp³-hybridized carbons (Fsp3) is 0.500. The maximum atomic E-state index is 11.7. The Balaban J connectivity index is 1.97. The van der Waals surface area contributed by atoms with Crippen molar-refractivity contribution in [3.05, 3.63) is 35.9 Å². The second-order valence-corrected chi connectivity index (χ2v) is 5.39. The van der Waals surface area contributed by atoms with Crippen molar-refractivity contribution in [3.8, 4) is 0 Å². The summed E-state index contributed by atoms with van der Waals surface area (Å²) in [6, 6.07) is 9.96. The molecule has 0 aliphatic carbocycles. The van der Waals surface area contributed by atoms with Crippen molar-refractivity contribution in [2.24, 2.45) is 0 Å². The van der Waals surface area contributed by atoms with Crippen LogP contribution in [0.2, 0.25) is 0 Å². The summed E-state index contributed by atoms with van der Waals surface area (Å²) in [5.74, 6) is 0.227. The molecule has 1 rings (SSSR count). The van der Waals surface area contributed by atoms with E-state index in [1.807, 2.05) is 30.3 Å². The van der Waals surface area contributed by atoms with Crippen LogP contribution in [0.3, 0.4) is 0 Å². The number of carbonyl (C=O) groups excluding carboxylic acids is 3. The predicted octanol–water partition coefficient (Wildman–Crippen LogP) is 2.84. The number of carbonyl (C=O) groups is 3. The van der Waals surface area contributed by atoms with Gasteiger partial charge in [0.15, 0.2) is 0 Å². The first-order chi connectivity index (χ1) is 10.7. The monoisotopic (exact) mass is 303 g/mol. The minimum Gasteiger partial charge on any atom is -0.356 e. The molecular formula is C18H25NO3. The average molecular weight is 303 g/mol. The summed E-state index contributed by atoms with van der Waals surface area (Å²) in [6.45, 7) is 0.663. The summed E-state index contributed by atoms with van der Waals surface area (Å²) >= 11 is 0. The third-order valence-electron chi connectivity index (χ3n) is 3.48. The van der Waals surface area contributed by atoms with Crippen LogP contribution >= 0.6 is 0 Å². The minimum atomic E-state index is 0.0749. The zero-order valence-corrected chi connectivity index (χ0v) is 13.1. The van der Waals surface area contributed by atoms with Gasteiger partial charge in [-0.1, -0.05) is 36.8 Å². The van der Waals surface area contributed by atoms with Gasteiger partial charge in [0.2, 0.25) is 5.91 Å². The van der Waals surface area contributed by atoms with Gasteiger partial charge < -0.3 is 10.1 Å². The number of rotatable bonds is 12. The lowest BCUT2D eigenvalue weighted by molar-refractivity contribution is -0.121. The van der Waals surface area contributed by atoms with Crippen LogP contribution in [0, 0.1) is 0 Å². The molecule has 120 valence electrons. The average Bonchev–Trinajstić information content (AvgIpc) is 2.55. The molecule has 0 aromatic heterocycles. The molecule has 22 heavy (non-hydrogen) atoms. The summed E-state index contributed by atoms with van der Waals surface area (Å²) in [5.41, 5.74) is 1.17. The quantitative estimate of drug-likeness (QED) is 0.477. The molecule has 4 heteroatoms. The SMILES string of the molecule is O=CCCC(=O)CCCCCNC(=O)CCc1ccccc1. The van der Waals surface area contributed by atoms with Crippen LogP contribution < -0.4 is 5.32 Å². The molecule has 0 radical (unpaired) electrons. The first kappa shape index (κ1) is 18.1. The lowest BCUT2D eigenvalue weighted by Crippen LogP contribution is -2.24. The number of aldehydes is 1. The molecule has 0 heterocycles.